The number of ether oxygens (including phenoxy) is 1. The van der Waals surface area contributed by atoms with Gasteiger partial charge >= 0.3 is 6.09 Å². The molecule has 0 unspecified atom stereocenters. The Labute approximate surface area is 190 Å². The summed E-state index contributed by atoms with van der Waals surface area (Å²) in [4.78, 5) is 20.5. The molecule has 162 valence electrons. The van der Waals surface area contributed by atoms with Crippen molar-refractivity contribution >= 4 is 40.8 Å². The van der Waals surface area contributed by atoms with E-state index in [1.807, 2.05) is 12.1 Å². The summed E-state index contributed by atoms with van der Waals surface area (Å²) in [7, 11) is 0. The van der Waals surface area contributed by atoms with Gasteiger partial charge in [-0.05, 0) is 66.1 Å². The maximum absolute atomic E-state index is 11.6. The van der Waals surface area contributed by atoms with Crippen molar-refractivity contribution in [2.75, 3.05) is 10.6 Å². The van der Waals surface area contributed by atoms with Gasteiger partial charge in [-0.3, -0.25) is 0 Å². The zero-order valence-corrected chi connectivity index (χ0v) is 18.1. The number of aromatic nitrogens is 2. The normalized spacial score (nSPS) is 20.6. The van der Waals surface area contributed by atoms with Gasteiger partial charge in [0.2, 0.25) is 5.95 Å². The molecular weight excluding hydrogens is 426 g/mol. The van der Waals surface area contributed by atoms with Crippen LogP contribution < -0.4 is 16.0 Å². The van der Waals surface area contributed by atoms with Crippen LogP contribution in [0.2, 0.25) is 5.02 Å². The second kappa shape index (κ2) is 7.67. The predicted molar refractivity (Wildman–Crippen MR) is 123 cm³/mol. The molecule has 6 rings (SSSR count). The predicted octanol–water partition coefficient (Wildman–Crippen LogP) is 5.20. The highest BCUT2D eigenvalue weighted by atomic mass is 35.5. The Kier molecular flexibility index (Phi) is 4.64. The minimum Gasteiger partial charge on any atom is -0.443 e. The Morgan fingerprint density at radius 1 is 1.09 bits per heavy atom. The number of benzene rings is 2. The lowest BCUT2D eigenvalue weighted by molar-refractivity contribution is 0.136. The van der Waals surface area contributed by atoms with Crippen LogP contribution in [0, 0.1) is 0 Å². The van der Waals surface area contributed by atoms with Gasteiger partial charge in [0.05, 0.1) is 12.2 Å². The molecule has 1 aromatic heterocycles. The first-order valence-electron chi connectivity index (χ1n) is 10.9. The number of nitrogens with zero attached hydrogens (tertiary/aromatic N) is 2. The van der Waals surface area contributed by atoms with Gasteiger partial charge in [-0.1, -0.05) is 29.8 Å². The zero-order chi connectivity index (χ0) is 21.7. The third kappa shape index (κ3) is 3.42. The maximum Gasteiger partial charge on any atom is 0.408 e. The molecule has 1 amide bonds. The molecule has 0 spiro atoms. The van der Waals surface area contributed by atoms with E-state index < -0.39 is 0 Å². The first-order chi connectivity index (χ1) is 15.6. The highest BCUT2D eigenvalue weighted by Gasteiger charge is 2.41. The minimum absolute atomic E-state index is 0.105. The summed E-state index contributed by atoms with van der Waals surface area (Å²) in [6.45, 7) is 0. The summed E-state index contributed by atoms with van der Waals surface area (Å²) in [5, 5.41) is 10.0. The minimum atomic E-state index is -0.358. The van der Waals surface area contributed by atoms with Crippen molar-refractivity contribution in [1.82, 2.24) is 15.3 Å². The Balaban J connectivity index is 1.25. The molecule has 0 bridgehead atoms. The number of carbonyl (C=O) groups is 1. The summed E-state index contributed by atoms with van der Waals surface area (Å²) >= 11 is 6.41. The van der Waals surface area contributed by atoms with Crippen molar-refractivity contribution in [2.45, 2.75) is 44.2 Å². The van der Waals surface area contributed by atoms with Crippen LogP contribution in [0.4, 0.5) is 27.9 Å². The maximum atomic E-state index is 11.6. The van der Waals surface area contributed by atoms with Gasteiger partial charge < -0.3 is 20.7 Å². The van der Waals surface area contributed by atoms with E-state index >= 15 is 0 Å². The van der Waals surface area contributed by atoms with Gasteiger partial charge in [0.25, 0.3) is 0 Å². The van der Waals surface area contributed by atoms with Gasteiger partial charge in [0.15, 0.2) is 5.82 Å². The van der Waals surface area contributed by atoms with Gasteiger partial charge in [0, 0.05) is 17.8 Å². The third-order valence-corrected chi connectivity index (χ3v) is 6.73. The van der Waals surface area contributed by atoms with E-state index in [1.54, 1.807) is 6.20 Å². The van der Waals surface area contributed by atoms with Crippen LogP contribution in [0.5, 0.6) is 0 Å². The summed E-state index contributed by atoms with van der Waals surface area (Å²) < 4.78 is 5.33. The molecule has 2 aliphatic carbocycles. The highest BCUT2D eigenvalue weighted by molar-refractivity contribution is 6.32. The van der Waals surface area contributed by atoms with E-state index in [1.165, 1.54) is 29.5 Å². The van der Waals surface area contributed by atoms with Crippen molar-refractivity contribution in [3.05, 3.63) is 69.9 Å². The van der Waals surface area contributed by atoms with Crippen molar-refractivity contribution in [3.8, 4) is 0 Å². The van der Waals surface area contributed by atoms with E-state index in [2.05, 4.69) is 50.2 Å². The number of aryl methyl sites for hydroxylation is 1. The molecule has 0 radical (unpaired) electrons. The van der Waals surface area contributed by atoms with Crippen LogP contribution in [0.1, 0.15) is 41.1 Å². The average Bonchev–Trinajstić information content (AvgIpc) is 3.32. The van der Waals surface area contributed by atoms with Crippen LogP contribution in [0.25, 0.3) is 0 Å². The second-order valence-corrected chi connectivity index (χ2v) is 8.88. The largest absolute Gasteiger partial charge is 0.443 e. The Bertz CT molecular complexity index is 1230. The lowest BCUT2D eigenvalue weighted by atomic mass is 9.90. The van der Waals surface area contributed by atoms with Crippen molar-refractivity contribution in [1.29, 1.82) is 0 Å². The number of nitrogens with one attached hydrogen (secondary N) is 3. The topological polar surface area (TPSA) is 88.2 Å². The van der Waals surface area contributed by atoms with E-state index in [0.29, 0.717) is 16.8 Å². The molecule has 7 nitrogen and oxygen atoms in total. The average molecular weight is 448 g/mol. The van der Waals surface area contributed by atoms with Gasteiger partial charge in [0.1, 0.15) is 11.1 Å². The number of alkyl carbamates (subject to hydrolysis) is 1. The quantitative estimate of drug-likeness (QED) is 0.509. The Morgan fingerprint density at radius 2 is 2.00 bits per heavy atom. The Morgan fingerprint density at radius 3 is 2.94 bits per heavy atom. The Hall–Kier alpha value is -3.32. The lowest BCUT2D eigenvalue weighted by Gasteiger charge is -2.20. The molecule has 2 heterocycles. The fourth-order valence-corrected chi connectivity index (χ4v) is 5.07. The van der Waals surface area contributed by atoms with Gasteiger partial charge in [-0.15, -0.1) is 0 Å². The smallest absolute Gasteiger partial charge is 0.408 e. The molecule has 32 heavy (non-hydrogen) atoms. The first-order valence-corrected chi connectivity index (χ1v) is 11.3. The SMILES string of the molecule is O=C1N[C@H]2c3cc(Nc4ncc(Cl)c(Nc5cccc6c5CCCC6)n4)ccc3C[C@H]2O1. The zero-order valence-electron chi connectivity index (χ0n) is 17.3. The van der Waals surface area contributed by atoms with Crippen molar-refractivity contribution in [2.24, 2.45) is 0 Å². The molecule has 1 saturated heterocycles. The molecule has 8 heteroatoms. The molecule has 2 aromatic carbocycles. The number of rotatable bonds is 4. The van der Waals surface area contributed by atoms with Gasteiger partial charge in [-0.25, -0.2) is 9.78 Å². The number of hydrogen-bond acceptors (Lipinski definition) is 6. The summed E-state index contributed by atoms with van der Waals surface area (Å²) in [6, 6.07) is 12.3. The molecule has 0 saturated carbocycles. The van der Waals surface area contributed by atoms with Crippen LogP contribution in [0.15, 0.2) is 42.6 Å². The summed E-state index contributed by atoms with van der Waals surface area (Å²) in [6.07, 6.45) is 6.44. The number of amides is 1. The first kappa shape index (κ1) is 19.4. The number of halogens is 1. The van der Waals surface area contributed by atoms with E-state index in [-0.39, 0.29) is 18.2 Å². The van der Waals surface area contributed by atoms with E-state index in [9.17, 15) is 4.79 Å². The fourth-order valence-electron chi connectivity index (χ4n) is 4.93. The van der Waals surface area contributed by atoms with E-state index in [0.717, 1.165) is 36.2 Å². The number of carbonyl (C=O) groups excluding carboxylic acids is 1. The molecule has 3 aliphatic rings. The van der Waals surface area contributed by atoms with Crippen LogP contribution in [-0.4, -0.2) is 22.2 Å². The van der Waals surface area contributed by atoms with Crippen molar-refractivity contribution in [3.63, 3.8) is 0 Å². The third-order valence-electron chi connectivity index (χ3n) is 6.45. The number of anilines is 4. The van der Waals surface area contributed by atoms with Crippen LogP contribution in [-0.2, 0) is 24.0 Å². The highest BCUT2D eigenvalue weighted by Crippen LogP contribution is 2.38. The number of hydrogen-bond donors (Lipinski definition) is 3. The standard InChI is InChI=1S/C24H22ClN5O2/c25-18-12-26-23(30-22(18)28-19-7-3-5-13-4-1-2-6-16(13)19)27-15-9-8-14-10-20-21(17(14)11-15)29-24(31)32-20/h3,5,7-9,11-12,20-21H,1-2,4,6,10H2,(H,29,31)(H2,26,27,28,30)/t20-,21+/m1/s1. The van der Waals surface area contributed by atoms with Crippen molar-refractivity contribution < 1.29 is 9.53 Å². The van der Waals surface area contributed by atoms with E-state index in [4.69, 9.17) is 16.3 Å². The van der Waals surface area contributed by atoms with Crippen LogP contribution in [0.3, 0.4) is 0 Å². The van der Waals surface area contributed by atoms with Crippen LogP contribution >= 0.6 is 11.6 Å². The molecular formula is C24H22ClN5O2. The molecule has 3 N–H and O–H groups in total. The second-order valence-electron chi connectivity index (χ2n) is 8.47. The lowest BCUT2D eigenvalue weighted by Crippen LogP contribution is -2.18. The number of fused-ring (bicyclic) bond motifs is 4. The molecule has 1 fully saturated rings. The summed E-state index contributed by atoms with van der Waals surface area (Å²) in [5.74, 6) is 1.02. The molecule has 3 aromatic rings. The fraction of sp³-hybridized carbons (Fsp3) is 0.292. The summed E-state index contributed by atoms with van der Waals surface area (Å²) in [5.41, 5.74) is 6.87. The monoisotopic (exact) mass is 447 g/mol. The molecule has 1 aliphatic heterocycles. The molecule has 2 atom stereocenters. The van der Waals surface area contributed by atoms with Gasteiger partial charge in [-0.2, -0.15) is 4.98 Å².